The van der Waals surface area contributed by atoms with Crippen LogP contribution in [-0.4, -0.2) is 28.9 Å². The third kappa shape index (κ3) is 2.90. The minimum absolute atomic E-state index is 0.00719. The molecule has 0 radical (unpaired) electrons. The maximum Gasteiger partial charge on any atom is 0.323 e. The van der Waals surface area contributed by atoms with Crippen LogP contribution in [0.25, 0.3) is 5.53 Å². The molecule has 0 heterocycles. The lowest BCUT2D eigenvalue weighted by Gasteiger charge is -2.57. The third-order valence-corrected chi connectivity index (χ3v) is 8.92. The summed E-state index contributed by atoms with van der Waals surface area (Å²) in [6.07, 6.45) is 11.8. The molecular weight excluding hydrogens is 352 g/mol. The maximum absolute atomic E-state index is 12.5. The van der Waals surface area contributed by atoms with Gasteiger partial charge in [0.1, 0.15) is 6.10 Å². The molecule has 0 amide bonds. The molecule has 3 saturated carbocycles. The van der Waals surface area contributed by atoms with E-state index in [0.29, 0.717) is 17.8 Å². The topological polar surface area (TPSA) is 79.8 Å². The van der Waals surface area contributed by atoms with E-state index in [9.17, 15) is 9.59 Å². The Bertz CT molecular complexity index is 768. The fourth-order valence-corrected chi connectivity index (χ4v) is 7.58. The fourth-order valence-electron chi connectivity index (χ4n) is 7.58. The summed E-state index contributed by atoms with van der Waals surface area (Å²) >= 11 is 0. The summed E-state index contributed by atoms with van der Waals surface area (Å²) in [6, 6.07) is 0. The molecule has 0 spiro atoms. The smallest absolute Gasteiger partial charge is 0.323 e. The van der Waals surface area contributed by atoms with Crippen molar-refractivity contribution in [3.05, 3.63) is 17.2 Å². The summed E-state index contributed by atoms with van der Waals surface area (Å²) in [4.78, 5) is 26.9. The number of hydrogen-bond donors (Lipinski definition) is 0. The fraction of sp³-hybridized carbons (Fsp3) is 0.783. The zero-order valence-corrected chi connectivity index (χ0v) is 17.3. The summed E-state index contributed by atoms with van der Waals surface area (Å²) < 4.78 is 5.52. The summed E-state index contributed by atoms with van der Waals surface area (Å²) in [5.74, 6) is 1.65. The standard InChI is InChI=1S/C23H32N2O3/c1-14(26)28-16-8-10-22(2)15(12-16)4-5-17-18-6-7-20(21(27)13-25-24)23(18,3)11-9-19(17)22/h4,13,16-20H,5-12H2,1-3H3/t16-,17+,18-,19-,20+,22-,23-/m0/s1. The quantitative estimate of drug-likeness (QED) is 0.238. The number of Topliss-reactive ketones (excluding diaryl/α,β-unsaturated/α-hetero) is 1. The van der Waals surface area contributed by atoms with Gasteiger partial charge in [0, 0.05) is 19.3 Å². The number of hydrogen-bond acceptors (Lipinski definition) is 3. The van der Waals surface area contributed by atoms with Gasteiger partial charge < -0.3 is 10.3 Å². The Balaban J connectivity index is 1.58. The Morgan fingerprint density at radius 3 is 2.68 bits per heavy atom. The van der Waals surface area contributed by atoms with Gasteiger partial charge in [-0.2, -0.15) is 4.79 Å². The van der Waals surface area contributed by atoms with Crippen molar-refractivity contribution in [3.8, 4) is 0 Å². The highest BCUT2D eigenvalue weighted by Gasteiger charge is 2.60. The molecule has 5 nitrogen and oxygen atoms in total. The number of carbonyl (C=O) groups excluding carboxylic acids is 2. The number of ether oxygens (including phenoxy) is 1. The van der Waals surface area contributed by atoms with Crippen LogP contribution >= 0.6 is 0 Å². The van der Waals surface area contributed by atoms with E-state index in [1.807, 2.05) is 0 Å². The van der Waals surface area contributed by atoms with Crippen LogP contribution in [0.5, 0.6) is 0 Å². The summed E-state index contributed by atoms with van der Waals surface area (Å²) in [7, 11) is 0. The number of allylic oxidation sites excluding steroid dienone is 1. The summed E-state index contributed by atoms with van der Waals surface area (Å²) in [5, 5.41) is 0. The van der Waals surface area contributed by atoms with Gasteiger partial charge in [-0.15, -0.1) is 0 Å². The average Bonchev–Trinajstić information content (AvgIpc) is 2.99. The highest BCUT2D eigenvalue weighted by Crippen LogP contribution is 2.66. The normalized spacial score (nSPS) is 44.2. The second-order valence-corrected chi connectivity index (χ2v) is 10.1. The molecule has 0 aromatic rings. The van der Waals surface area contributed by atoms with E-state index >= 15 is 0 Å². The van der Waals surface area contributed by atoms with Crippen LogP contribution < -0.4 is 0 Å². The summed E-state index contributed by atoms with van der Waals surface area (Å²) in [5.41, 5.74) is 10.5. The predicted octanol–water partition coefficient (Wildman–Crippen LogP) is 4.37. The van der Waals surface area contributed by atoms with E-state index in [1.54, 1.807) is 0 Å². The Morgan fingerprint density at radius 2 is 1.96 bits per heavy atom. The Kier molecular flexibility index (Phi) is 4.86. The van der Waals surface area contributed by atoms with Gasteiger partial charge >= 0.3 is 12.2 Å². The lowest BCUT2D eigenvalue weighted by atomic mass is 9.47. The minimum atomic E-state index is -0.176. The molecule has 0 N–H and O–H groups in total. The number of carbonyl (C=O) groups is 2. The van der Waals surface area contributed by atoms with Gasteiger partial charge in [0.15, 0.2) is 0 Å². The minimum Gasteiger partial charge on any atom is -0.462 e. The van der Waals surface area contributed by atoms with Crippen LogP contribution in [0.2, 0.25) is 0 Å². The summed E-state index contributed by atoms with van der Waals surface area (Å²) in [6.45, 7) is 6.23. The van der Waals surface area contributed by atoms with Crippen molar-refractivity contribution in [3.63, 3.8) is 0 Å². The zero-order valence-electron chi connectivity index (χ0n) is 17.3. The van der Waals surface area contributed by atoms with Gasteiger partial charge in [0.05, 0.1) is 0 Å². The first-order valence-electron chi connectivity index (χ1n) is 10.9. The number of ketones is 1. The molecule has 0 aliphatic heterocycles. The molecule has 28 heavy (non-hydrogen) atoms. The molecule has 7 atom stereocenters. The van der Waals surface area contributed by atoms with Crippen molar-refractivity contribution in [1.82, 2.24) is 0 Å². The molecule has 4 rings (SSSR count). The Morgan fingerprint density at radius 1 is 1.18 bits per heavy atom. The van der Waals surface area contributed by atoms with E-state index in [-0.39, 0.29) is 34.6 Å². The molecule has 152 valence electrons. The Labute approximate surface area is 167 Å². The highest BCUT2D eigenvalue weighted by atomic mass is 16.5. The first kappa shape index (κ1) is 19.6. The SMILES string of the molecule is CC(=O)O[C@H]1CC[C@@]2(C)C(=CC[C@@H]3[C@@H]4CC[C@H](C(=O)C=[N+]=[N-])[C@@]4(C)CC[C@@H]32)C1. The molecule has 0 bridgehead atoms. The van der Waals surface area contributed by atoms with Crippen LogP contribution in [0.15, 0.2) is 11.6 Å². The average molecular weight is 385 g/mol. The number of esters is 1. The molecule has 0 unspecified atom stereocenters. The number of nitrogens with zero attached hydrogens (tertiary/aromatic N) is 2. The zero-order chi connectivity index (χ0) is 20.1. The van der Waals surface area contributed by atoms with E-state index in [0.717, 1.165) is 57.6 Å². The molecule has 5 heteroatoms. The number of rotatable bonds is 3. The lowest BCUT2D eigenvalue weighted by Crippen LogP contribution is -2.51. The second kappa shape index (κ2) is 6.95. The Hall–Kier alpha value is -1.74. The molecule has 0 aromatic heterocycles. The van der Waals surface area contributed by atoms with Crippen molar-refractivity contribution < 1.29 is 19.1 Å². The maximum atomic E-state index is 12.5. The largest absolute Gasteiger partial charge is 0.462 e. The van der Waals surface area contributed by atoms with Crippen molar-refractivity contribution in [2.24, 2.45) is 34.5 Å². The first-order valence-corrected chi connectivity index (χ1v) is 10.9. The van der Waals surface area contributed by atoms with Gasteiger partial charge in [0.2, 0.25) is 5.78 Å². The van der Waals surface area contributed by atoms with Crippen molar-refractivity contribution in [2.75, 3.05) is 0 Å². The van der Waals surface area contributed by atoms with Crippen LogP contribution in [0.4, 0.5) is 0 Å². The van der Waals surface area contributed by atoms with Crippen LogP contribution in [0.3, 0.4) is 0 Å². The van der Waals surface area contributed by atoms with E-state index < -0.39 is 0 Å². The molecule has 0 aromatic carbocycles. The predicted molar refractivity (Wildman–Crippen MR) is 105 cm³/mol. The molecular formula is C23H32N2O3. The molecule has 4 aliphatic carbocycles. The van der Waals surface area contributed by atoms with Gasteiger partial charge in [-0.25, -0.2) is 0 Å². The van der Waals surface area contributed by atoms with Crippen molar-refractivity contribution in [2.45, 2.75) is 78.2 Å². The second-order valence-electron chi connectivity index (χ2n) is 10.1. The van der Waals surface area contributed by atoms with Crippen molar-refractivity contribution in [1.29, 1.82) is 0 Å². The van der Waals surface area contributed by atoms with E-state index in [2.05, 4.69) is 24.7 Å². The number of fused-ring (bicyclic) bond motifs is 5. The highest BCUT2D eigenvalue weighted by molar-refractivity contribution is 6.26. The van der Waals surface area contributed by atoms with E-state index in [1.165, 1.54) is 12.5 Å². The van der Waals surface area contributed by atoms with Crippen molar-refractivity contribution >= 4 is 18.0 Å². The van der Waals surface area contributed by atoms with Gasteiger partial charge in [-0.1, -0.05) is 25.5 Å². The van der Waals surface area contributed by atoms with Gasteiger partial charge in [0.25, 0.3) is 0 Å². The van der Waals surface area contributed by atoms with E-state index in [4.69, 9.17) is 10.3 Å². The molecule has 0 saturated heterocycles. The molecule has 3 fully saturated rings. The van der Waals surface area contributed by atoms with Gasteiger partial charge in [-0.3, -0.25) is 9.59 Å². The third-order valence-electron chi connectivity index (χ3n) is 8.92. The molecule has 4 aliphatic rings. The van der Waals surface area contributed by atoms with Crippen LogP contribution in [0, 0.1) is 34.5 Å². The monoisotopic (exact) mass is 384 g/mol. The first-order chi connectivity index (χ1) is 13.3. The van der Waals surface area contributed by atoms with Crippen LogP contribution in [-0.2, 0) is 14.3 Å². The lowest BCUT2D eigenvalue weighted by molar-refractivity contribution is -0.149. The van der Waals surface area contributed by atoms with Crippen LogP contribution in [0.1, 0.15) is 72.1 Å². The van der Waals surface area contributed by atoms with Gasteiger partial charge in [-0.05, 0) is 73.5 Å².